The molecule has 20 heavy (non-hydrogen) atoms. The van der Waals surface area contributed by atoms with Crippen molar-refractivity contribution in [1.29, 1.82) is 0 Å². The Labute approximate surface area is 124 Å². The van der Waals surface area contributed by atoms with Gasteiger partial charge in [0.25, 0.3) is 0 Å². The number of methoxy groups -OCH3 is 4. The fourth-order valence-corrected chi connectivity index (χ4v) is 3.20. The van der Waals surface area contributed by atoms with Crippen LogP contribution >= 0.6 is 0 Å². The minimum Gasteiger partial charge on any atom is -0.379 e. The molecular formula is C16H32O4. The normalized spacial score (nSPS) is 34.2. The fourth-order valence-electron chi connectivity index (χ4n) is 3.20. The maximum atomic E-state index is 5.27. The van der Waals surface area contributed by atoms with Gasteiger partial charge in [-0.2, -0.15) is 0 Å². The van der Waals surface area contributed by atoms with E-state index in [4.69, 9.17) is 18.9 Å². The van der Waals surface area contributed by atoms with Gasteiger partial charge in [-0.25, -0.2) is 0 Å². The summed E-state index contributed by atoms with van der Waals surface area (Å²) in [6.07, 6.45) is 11.2. The quantitative estimate of drug-likeness (QED) is 0.796. The average molecular weight is 288 g/mol. The first-order valence-corrected chi connectivity index (χ1v) is 7.88. The number of hydrogen-bond donors (Lipinski definition) is 0. The van der Waals surface area contributed by atoms with Crippen molar-refractivity contribution in [2.45, 2.75) is 75.8 Å². The van der Waals surface area contributed by atoms with E-state index < -0.39 is 0 Å². The maximum Gasteiger partial charge on any atom is 0.0832 e. The Balaban J connectivity index is 0.000000200. The van der Waals surface area contributed by atoms with Crippen LogP contribution in [0.15, 0.2) is 0 Å². The standard InChI is InChI=1S/2C8H16O2/c2*1-9-7-5-3-4-6-8(7)10-2/h2*7-8H,3-6H2,1-2H3/t2*7-,8+. The van der Waals surface area contributed by atoms with Crippen molar-refractivity contribution < 1.29 is 18.9 Å². The first-order chi connectivity index (χ1) is 9.76. The van der Waals surface area contributed by atoms with Gasteiger partial charge in [-0.15, -0.1) is 0 Å². The van der Waals surface area contributed by atoms with Crippen LogP contribution in [0.1, 0.15) is 51.4 Å². The molecule has 0 aromatic rings. The van der Waals surface area contributed by atoms with E-state index in [1.165, 1.54) is 25.7 Å². The van der Waals surface area contributed by atoms with E-state index in [0.29, 0.717) is 24.4 Å². The lowest BCUT2D eigenvalue weighted by molar-refractivity contribution is -0.0577. The Morgan fingerprint density at radius 3 is 0.800 bits per heavy atom. The van der Waals surface area contributed by atoms with Crippen LogP contribution in [0.5, 0.6) is 0 Å². The van der Waals surface area contributed by atoms with E-state index >= 15 is 0 Å². The van der Waals surface area contributed by atoms with E-state index in [1.807, 2.05) is 0 Å². The summed E-state index contributed by atoms with van der Waals surface area (Å²) in [6, 6.07) is 0. The number of ether oxygens (including phenoxy) is 4. The molecule has 0 aromatic heterocycles. The van der Waals surface area contributed by atoms with Gasteiger partial charge in [-0.05, 0) is 25.7 Å². The van der Waals surface area contributed by atoms with Crippen LogP contribution in [0.3, 0.4) is 0 Å². The zero-order valence-corrected chi connectivity index (χ0v) is 13.6. The summed E-state index contributed by atoms with van der Waals surface area (Å²) in [6.45, 7) is 0. The Kier molecular flexibility index (Phi) is 9.44. The van der Waals surface area contributed by atoms with Gasteiger partial charge in [-0.3, -0.25) is 0 Å². The molecule has 0 amide bonds. The van der Waals surface area contributed by atoms with Gasteiger partial charge in [0.1, 0.15) is 0 Å². The lowest BCUT2D eigenvalue weighted by atomic mass is 9.95. The molecule has 120 valence electrons. The van der Waals surface area contributed by atoms with Gasteiger partial charge < -0.3 is 18.9 Å². The van der Waals surface area contributed by atoms with Gasteiger partial charge in [0, 0.05) is 28.4 Å². The van der Waals surface area contributed by atoms with Gasteiger partial charge in [-0.1, -0.05) is 25.7 Å². The fraction of sp³-hybridized carbons (Fsp3) is 1.00. The van der Waals surface area contributed by atoms with Crippen LogP contribution in [-0.2, 0) is 18.9 Å². The molecule has 2 rings (SSSR count). The van der Waals surface area contributed by atoms with Gasteiger partial charge in [0.15, 0.2) is 0 Å². The second-order valence-electron chi connectivity index (χ2n) is 5.67. The van der Waals surface area contributed by atoms with Crippen molar-refractivity contribution in [2.24, 2.45) is 0 Å². The van der Waals surface area contributed by atoms with E-state index in [0.717, 1.165) is 25.7 Å². The van der Waals surface area contributed by atoms with Crippen molar-refractivity contribution in [3.8, 4) is 0 Å². The van der Waals surface area contributed by atoms with Crippen LogP contribution in [0, 0.1) is 0 Å². The smallest absolute Gasteiger partial charge is 0.0832 e. The third-order valence-electron chi connectivity index (χ3n) is 4.49. The second-order valence-corrected chi connectivity index (χ2v) is 5.67. The molecule has 2 aliphatic carbocycles. The molecule has 0 bridgehead atoms. The summed E-state index contributed by atoms with van der Waals surface area (Å²) in [5, 5.41) is 0. The van der Waals surface area contributed by atoms with E-state index in [9.17, 15) is 0 Å². The molecule has 4 atom stereocenters. The molecule has 4 nitrogen and oxygen atoms in total. The molecule has 0 heterocycles. The highest BCUT2D eigenvalue weighted by Gasteiger charge is 2.24. The van der Waals surface area contributed by atoms with Crippen LogP contribution in [-0.4, -0.2) is 52.9 Å². The Morgan fingerprint density at radius 2 is 0.650 bits per heavy atom. The molecular weight excluding hydrogens is 256 g/mol. The third kappa shape index (κ3) is 5.68. The van der Waals surface area contributed by atoms with Gasteiger partial charge in [0.2, 0.25) is 0 Å². The van der Waals surface area contributed by atoms with Crippen LogP contribution in [0.4, 0.5) is 0 Å². The monoisotopic (exact) mass is 288 g/mol. The molecule has 0 spiro atoms. The highest BCUT2D eigenvalue weighted by molar-refractivity contribution is 4.76. The third-order valence-corrected chi connectivity index (χ3v) is 4.49. The molecule has 0 aromatic carbocycles. The van der Waals surface area contributed by atoms with Crippen molar-refractivity contribution in [2.75, 3.05) is 28.4 Å². The zero-order valence-electron chi connectivity index (χ0n) is 13.6. The maximum absolute atomic E-state index is 5.27. The van der Waals surface area contributed by atoms with Crippen molar-refractivity contribution in [3.63, 3.8) is 0 Å². The zero-order chi connectivity index (χ0) is 14.8. The molecule has 0 radical (unpaired) electrons. The summed E-state index contributed by atoms with van der Waals surface area (Å²) < 4.78 is 21.1. The second kappa shape index (κ2) is 10.6. The molecule has 2 fully saturated rings. The topological polar surface area (TPSA) is 36.9 Å². The molecule has 0 N–H and O–H groups in total. The first-order valence-electron chi connectivity index (χ1n) is 7.88. The summed E-state index contributed by atoms with van der Waals surface area (Å²) >= 11 is 0. The summed E-state index contributed by atoms with van der Waals surface area (Å²) in [5.41, 5.74) is 0. The number of rotatable bonds is 4. The molecule has 0 aliphatic heterocycles. The highest BCUT2D eigenvalue weighted by Crippen LogP contribution is 2.23. The lowest BCUT2D eigenvalue weighted by Crippen LogP contribution is -2.32. The van der Waals surface area contributed by atoms with Crippen molar-refractivity contribution in [3.05, 3.63) is 0 Å². The summed E-state index contributed by atoms with van der Waals surface area (Å²) in [7, 11) is 7.06. The van der Waals surface area contributed by atoms with Crippen LogP contribution in [0.2, 0.25) is 0 Å². The van der Waals surface area contributed by atoms with E-state index in [-0.39, 0.29) is 0 Å². The van der Waals surface area contributed by atoms with Crippen molar-refractivity contribution >= 4 is 0 Å². The Hall–Kier alpha value is -0.160. The molecule has 2 aliphatic rings. The molecule has 0 unspecified atom stereocenters. The van der Waals surface area contributed by atoms with Crippen molar-refractivity contribution in [1.82, 2.24) is 0 Å². The van der Waals surface area contributed by atoms with Crippen LogP contribution in [0.25, 0.3) is 0 Å². The minimum atomic E-state index is 0.346. The summed E-state index contributed by atoms with van der Waals surface area (Å²) in [5.74, 6) is 0. The predicted molar refractivity (Wildman–Crippen MR) is 80.1 cm³/mol. The highest BCUT2D eigenvalue weighted by atomic mass is 16.5. The number of hydrogen-bond acceptors (Lipinski definition) is 4. The summed E-state index contributed by atoms with van der Waals surface area (Å²) in [4.78, 5) is 0. The van der Waals surface area contributed by atoms with Crippen LogP contribution < -0.4 is 0 Å². The van der Waals surface area contributed by atoms with Gasteiger partial charge >= 0.3 is 0 Å². The minimum absolute atomic E-state index is 0.346. The molecule has 4 heteroatoms. The molecule has 0 saturated heterocycles. The Bertz CT molecular complexity index is 187. The SMILES string of the molecule is CO[C@H]1CCCC[C@H]1OC.CO[C@H]1CCCC[C@H]1OC. The first kappa shape index (κ1) is 17.9. The van der Waals surface area contributed by atoms with E-state index in [2.05, 4.69) is 0 Å². The Morgan fingerprint density at radius 1 is 0.450 bits per heavy atom. The average Bonchev–Trinajstić information content (AvgIpc) is 2.55. The van der Waals surface area contributed by atoms with E-state index in [1.54, 1.807) is 28.4 Å². The predicted octanol–water partition coefficient (Wildman–Crippen LogP) is 3.18. The lowest BCUT2D eigenvalue weighted by Gasteiger charge is -2.28. The van der Waals surface area contributed by atoms with Gasteiger partial charge in [0.05, 0.1) is 24.4 Å². The largest absolute Gasteiger partial charge is 0.379 e. The molecule has 2 saturated carbocycles.